The summed E-state index contributed by atoms with van der Waals surface area (Å²) in [6, 6.07) is 1.59. The van der Waals surface area contributed by atoms with E-state index in [1.807, 2.05) is 0 Å². The second-order valence-electron chi connectivity index (χ2n) is 5.27. The fraction of sp³-hybridized carbons (Fsp3) is 0.571. The molecule has 22 heavy (non-hydrogen) atoms. The van der Waals surface area contributed by atoms with Gasteiger partial charge in [0.2, 0.25) is 5.91 Å². The largest absolute Gasteiger partial charge is 0.464 e. The van der Waals surface area contributed by atoms with Crippen LogP contribution in [0.4, 0.5) is 5.69 Å². The summed E-state index contributed by atoms with van der Waals surface area (Å²) < 4.78 is 11.6. The molecule has 2 rings (SSSR count). The molecule has 0 spiro atoms. The van der Waals surface area contributed by atoms with E-state index in [0.29, 0.717) is 37.4 Å². The number of aromatic nitrogens is 1. The third-order valence-corrected chi connectivity index (χ3v) is 3.98. The lowest BCUT2D eigenvalue weighted by atomic mass is 9.79. The predicted octanol–water partition coefficient (Wildman–Crippen LogP) is 0.927. The van der Waals surface area contributed by atoms with E-state index in [9.17, 15) is 9.59 Å². The van der Waals surface area contributed by atoms with Gasteiger partial charge in [-0.15, -0.1) is 12.4 Å². The molecule has 0 radical (unpaired) electrons. The van der Waals surface area contributed by atoms with Crippen molar-refractivity contribution in [2.24, 2.45) is 18.2 Å². The number of nitrogens with zero attached hydrogens (tertiary/aromatic N) is 1. The van der Waals surface area contributed by atoms with Crippen LogP contribution in [0, 0.1) is 5.41 Å². The van der Waals surface area contributed by atoms with Gasteiger partial charge in [0.1, 0.15) is 5.69 Å². The zero-order valence-corrected chi connectivity index (χ0v) is 13.6. The molecule has 1 fully saturated rings. The Balaban J connectivity index is 0.00000242. The van der Waals surface area contributed by atoms with Crippen molar-refractivity contribution < 1.29 is 19.1 Å². The Morgan fingerprint density at radius 1 is 1.45 bits per heavy atom. The quantitative estimate of drug-likeness (QED) is 0.800. The minimum atomic E-state index is -0.598. The van der Waals surface area contributed by atoms with Crippen molar-refractivity contribution in [2.75, 3.05) is 32.2 Å². The predicted molar refractivity (Wildman–Crippen MR) is 84.2 cm³/mol. The summed E-state index contributed by atoms with van der Waals surface area (Å²) in [5, 5.41) is 2.84. The number of aryl methyl sites for hydroxylation is 1. The fourth-order valence-electron chi connectivity index (χ4n) is 2.49. The van der Waals surface area contributed by atoms with Crippen LogP contribution in [0.1, 0.15) is 23.3 Å². The van der Waals surface area contributed by atoms with Crippen molar-refractivity contribution in [1.82, 2.24) is 4.57 Å². The van der Waals surface area contributed by atoms with Crippen molar-refractivity contribution in [3.8, 4) is 0 Å². The second kappa shape index (κ2) is 7.62. The molecular weight excluding hydrogens is 310 g/mol. The van der Waals surface area contributed by atoms with Gasteiger partial charge in [-0.05, 0) is 18.9 Å². The lowest BCUT2D eigenvalue weighted by molar-refractivity contribution is -0.130. The molecule has 0 atom stereocenters. The Morgan fingerprint density at radius 2 is 2.09 bits per heavy atom. The lowest BCUT2D eigenvalue weighted by Gasteiger charge is -2.34. The Bertz CT molecular complexity index is 538. The van der Waals surface area contributed by atoms with Crippen LogP contribution in [-0.4, -0.2) is 43.3 Å². The summed E-state index contributed by atoms with van der Waals surface area (Å²) in [7, 11) is 3.04. The highest BCUT2D eigenvalue weighted by atomic mass is 35.5. The number of hydrogen-bond acceptors (Lipinski definition) is 5. The lowest BCUT2D eigenvalue weighted by Crippen LogP contribution is -2.46. The minimum absolute atomic E-state index is 0. The van der Waals surface area contributed by atoms with E-state index in [1.165, 1.54) is 7.11 Å². The third-order valence-electron chi connectivity index (χ3n) is 3.98. The molecule has 124 valence electrons. The molecule has 1 amide bonds. The van der Waals surface area contributed by atoms with E-state index in [1.54, 1.807) is 23.9 Å². The zero-order valence-electron chi connectivity index (χ0n) is 12.8. The molecule has 1 saturated heterocycles. The molecule has 7 nitrogen and oxygen atoms in total. The summed E-state index contributed by atoms with van der Waals surface area (Å²) in [6.07, 6.45) is 2.88. The van der Waals surface area contributed by atoms with Crippen molar-refractivity contribution in [3.63, 3.8) is 0 Å². The first-order valence-corrected chi connectivity index (χ1v) is 6.86. The topological polar surface area (TPSA) is 95.6 Å². The van der Waals surface area contributed by atoms with Gasteiger partial charge in [-0.3, -0.25) is 4.79 Å². The maximum atomic E-state index is 12.5. The number of amides is 1. The zero-order chi connectivity index (χ0) is 15.5. The Kier molecular flexibility index (Phi) is 6.40. The first kappa shape index (κ1) is 18.5. The van der Waals surface area contributed by atoms with Gasteiger partial charge >= 0.3 is 5.97 Å². The number of methoxy groups -OCH3 is 1. The van der Waals surface area contributed by atoms with Crippen molar-refractivity contribution >= 4 is 30.0 Å². The van der Waals surface area contributed by atoms with E-state index in [-0.39, 0.29) is 24.9 Å². The first-order valence-electron chi connectivity index (χ1n) is 6.86. The third kappa shape index (κ3) is 3.60. The van der Waals surface area contributed by atoms with E-state index in [2.05, 4.69) is 10.1 Å². The molecular formula is C14H22ClN3O4. The fourth-order valence-corrected chi connectivity index (χ4v) is 2.49. The number of esters is 1. The van der Waals surface area contributed by atoms with Crippen LogP contribution >= 0.6 is 12.4 Å². The first-order chi connectivity index (χ1) is 10.0. The average molecular weight is 332 g/mol. The minimum Gasteiger partial charge on any atom is -0.464 e. The number of ether oxygens (including phenoxy) is 2. The maximum absolute atomic E-state index is 12.5. The molecule has 2 heterocycles. The molecule has 3 N–H and O–H groups in total. The Hall–Kier alpha value is -1.57. The molecule has 1 aromatic rings. The van der Waals surface area contributed by atoms with Gasteiger partial charge in [0.25, 0.3) is 0 Å². The van der Waals surface area contributed by atoms with Crippen LogP contribution in [0.15, 0.2) is 12.3 Å². The van der Waals surface area contributed by atoms with E-state index >= 15 is 0 Å². The number of carbonyl (C=O) groups is 2. The van der Waals surface area contributed by atoms with E-state index < -0.39 is 11.4 Å². The SMILES string of the molecule is COC(=O)c1cc(NC(=O)C2(CN)CCOCC2)cn1C.Cl. The van der Waals surface area contributed by atoms with Crippen molar-refractivity contribution in [2.45, 2.75) is 12.8 Å². The molecule has 0 unspecified atom stereocenters. The molecule has 1 aromatic heterocycles. The van der Waals surface area contributed by atoms with E-state index in [0.717, 1.165) is 0 Å². The number of anilines is 1. The average Bonchev–Trinajstić information content (AvgIpc) is 2.87. The number of nitrogens with two attached hydrogens (primary N) is 1. The number of rotatable bonds is 4. The number of carbonyl (C=O) groups excluding carboxylic acids is 2. The highest BCUT2D eigenvalue weighted by molar-refractivity contribution is 5.97. The molecule has 0 aliphatic carbocycles. The van der Waals surface area contributed by atoms with Gasteiger partial charge in [0.15, 0.2) is 0 Å². The summed E-state index contributed by atoms with van der Waals surface area (Å²) >= 11 is 0. The van der Waals surface area contributed by atoms with Crippen LogP contribution in [0.25, 0.3) is 0 Å². The van der Waals surface area contributed by atoms with E-state index in [4.69, 9.17) is 10.5 Å². The van der Waals surface area contributed by atoms with Crippen LogP contribution < -0.4 is 11.1 Å². The van der Waals surface area contributed by atoms with Crippen LogP contribution in [0.5, 0.6) is 0 Å². The van der Waals surface area contributed by atoms with Crippen LogP contribution in [0.3, 0.4) is 0 Å². The molecule has 8 heteroatoms. The normalized spacial score (nSPS) is 16.5. The second-order valence-corrected chi connectivity index (χ2v) is 5.27. The smallest absolute Gasteiger partial charge is 0.354 e. The highest BCUT2D eigenvalue weighted by Gasteiger charge is 2.39. The molecule has 0 saturated carbocycles. The van der Waals surface area contributed by atoms with Gasteiger partial charge in [-0.1, -0.05) is 0 Å². The standard InChI is InChI=1S/C14H21N3O4.ClH/c1-17-8-10(7-11(17)12(18)20-2)16-13(19)14(9-15)3-5-21-6-4-14;/h7-8H,3-6,9,15H2,1-2H3,(H,16,19);1H. The summed E-state index contributed by atoms with van der Waals surface area (Å²) in [4.78, 5) is 24.1. The van der Waals surface area contributed by atoms with Gasteiger partial charge < -0.3 is 25.1 Å². The number of hydrogen-bond donors (Lipinski definition) is 2. The molecule has 0 aromatic carbocycles. The van der Waals surface area contributed by atoms with Crippen LogP contribution in [-0.2, 0) is 21.3 Å². The maximum Gasteiger partial charge on any atom is 0.354 e. The molecule has 1 aliphatic rings. The summed E-state index contributed by atoms with van der Waals surface area (Å²) in [5.74, 6) is -0.576. The summed E-state index contributed by atoms with van der Waals surface area (Å²) in [6.45, 7) is 1.35. The monoisotopic (exact) mass is 331 g/mol. The Labute approximate surface area is 135 Å². The molecule has 0 bridgehead atoms. The highest BCUT2D eigenvalue weighted by Crippen LogP contribution is 2.31. The van der Waals surface area contributed by atoms with Gasteiger partial charge in [0, 0.05) is 33.0 Å². The van der Waals surface area contributed by atoms with Gasteiger partial charge in [0.05, 0.1) is 18.2 Å². The Morgan fingerprint density at radius 3 is 2.64 bits per heavy atom. The van der Waals surface area contributed by atoms with Gasteiger partial charge in [-0.2, -0.15) is 0 Å². The molecule has 1 aliphatic heterocycles. The van der Waals surface area contributed by atoms with Crippen LogP contribution in [0.2, 0.25) is 0 Å². The number of nitrogens with one attached hydrogen (secondary N) is 1. The van der Waals surface area contributed by atoms with Crippen molar-refractivity contribution in [3.05, 3.63) is 18.0 Å². The summed E-state index contributed by atoms with van der Waals surface area (Å²) in [5.41, 5.74) is 6.14. The van der Waals surface area contributed by atoms with Gasteiger partial charge in [-0.25, -0.2) is 4.79 Å². The van der Waals surface area contributed by atoms with Crippen molar-refractivity contribution in [1.29, 1.82) is 0 Å². The number of halogens is 1.